The molecule has 0 bridgehead atoms. The second-order valence-corrected chi connectivity index (χ2v) is 6.38. The van der Waals surface area contributed by atoms with Crippen LogP contribution in [0.25, 0.3) is 11.1 Å². The lowest BCUT2D eigenvalue weighted by atomic mass is 10.1. The number of carbonyl (C=O) groups is 1. The maximum atomic E-state index is 12.5. The van der Waals surface area contributed by atoms with Crippen LogP contribution in [-0.2, 0) is 0 Å². The molecule has 1 aromatic carbocycles. The Balaban J connectivity index is 1.85. The van der Waals surface area contributed by atoms with Crippen LogP contribution < -0.4 is 0 Å². The Morgan fingerprint density at radius 3 is 2.64 bits per heavy atom. The summed E-state index contributed by atoms with van der Waals surface area (Å²) < 4.78 is 0. The molecular weight excluding hydrogens is 300 g/mol. The highest BCUT2D eigenvalue weighted by Gasteiger charge is 2.34. The van der Waals surface area contributed by atoms with E-state index in [0.717, 1.165) is 11.1 Å². The molecule has 1 N–H and O–H groups in total. The van der Waals surface area contributed by atoms with Gasteiger partial charge in [0.1, 0.15) is 0 Å². The summed E-state index contributed by atoms with van der Waals surface area (Å²) in [6, 6.07) is 9.24. The Bertz CT molecular complexity index is 698. The van der Waals surface area contributed by atoms with Crippen LogP contribution in [0.3, 0.4) is 0 Å². The van der Waals surface area contributed by atoms with Crippen LogP contribution in [0.5, 0.6) is 0 Å². The zero-order chi connectivity index (χ0) is 15.7. The predicted octanol–water partition coefficient (Wildman–Crippen LogP) is 3.00. The third-order valence-electron chi connectivity index (χ3n) is 3.90. The second-order valence-electron chi connectivity index (χ2n) is 5.94. The molecule has 3 rings (SSSR count). The minimum atomic E-state index is -0.795. The SMILES string of the molecule is C[C@]1(O)CCN(C(=O)c2cncc(-c3ccc(Cl)cc3)c2)C1. The minimum absolute atomic E-state index is 0.0962. The maximum absolute atomic E-state index is 12.5. The molecule has 0 spiro atoms. The molecule has 0 aliphatic carbocycles. The Labute approximate surface area is 134 Å². The summed E-state index contributed by atoms with van der Waals surface area (Å²) in [5, 5.41) is 10.7. The molecular formula is C17H17ClN2O2. The van der Waals surface area contributed by atoms with Gasteiger partial charge < -0.3 is 10.0 Å². The molecule has 114 valence electrons. The maximum Gasteiger partial charge on any atom is 0.255 e. The van der Waals surface area contributed by atoms with E-state index in [0.29, 0.717) is 30.1 Å². The summed E-state index contributed by atoms with van der Waals surface area (Å²) in [5.74, 6) is -0.0962. The van der Waals surface area contributed by atoms with Crippen LogP contribution in [0.2, 0.25) is 5.02 Å². The highest BCUT2D eigenvalue weighted by Crippen LogP contribution is 2.25. The number of carbonyl (C=O) groups excluding carboxylic acids is 1. The monoisotopic (exact) mass is 316 g/mol. The number of halogens is 1. The van der Waals surface area contributed by atoms with Crippen LogP contribution in [0.15, 0.2) is 42.7 Å². The van der Waals surface area contributed by atoms with Crippen LogP contribution in [0.4, 0.5) is 0 Å². The van der Waals surface area contributed by atoms with E-state index in [1.807, 2.05) is 30.3 Å². The number of likely N-dealkylation sites (tertiary alicyclic amines) is 1. The number of β-amino-alcohol motifs (C(OH)–C–C–N with tert-alkyl or cyclic N) is 1. The number of hydrogen-bond acceptors (Lipinski definition) is 3. The molecule has 0 unspecified atom stereocenters. The van der Waals surface area contributed by atoms with E-state index in [9.17, 15) is 9.90 Å². The van der Waals surface area contributed by atoms with Crippen molar-refractivity contribution in [2.75, 3.05) is 13.1 Å². The fourth-order valence-corrected chi connectivity index (χ4v) is 2.78. The number of hydrogen-bond donors (Lipinski definition) is 1. The molecule has 1 aliphatic rings. The first-order valence-corrected chi connectivity index (χ1v) is 7.55. The van der Waals surface area contributed by atoms with Gasteiger partial charge in [-0.25, -0.2) is 0 Å². The van der Waals surface area contributed by atoms with E-state index in [-0.39, 0.29) is 5.91 Å². The largest absolute Gasteiger partial charge is 0.388 e. The van der Waals surface area contributed by atoms with Gasteiger partial charge in [0.05, 0.1) is 11.2 Å². The first-order valence-electron chi connectivity index (χ1n) is 7.17. The Morgan fingerprint density at radius 1 is 1.27 bits per heavy atom. The average Bonchev–Trinajstić information content (AvgIpc) is 2.87. The van der Waals surface area contributed by atoms with Crippen LogP contribution in [0.1, 0.15) is 23.7 Å². The van der Waals surface area contributed by atoms with Gasteiger partial charge in [0.25, 0.3) is 5.91 Å². The van der Waals surface area contributed by atoms with Crippen LogP contribution >= 0.6 is 11.6 Å². The number of rotatable bonds is 2. The number of benzene rings is 1. The number of nitrogens with zero attached hydrogens (tertiary/aromatic N) is 2. The molecule has 0 radical (unpaired) electrons. The van der Waals surface area contributed by atoms with E-state index in [1.54, 1.807) is 24.2 Å². The van der Waals surface area contributed by atoms with E-state index in [2.05, 4.69) is 4.98 Å². The lowest BCUT2D eigenvalue weighted by Crippen LogP contribution is -2.33. The van der Waals surface area contributed by atoms with Gasteiger partial charge in [-0.15, -0.1) is 0 Å². The molecule has 22 heavy (non-hydrogen) atoms. The molecule has 0 saturated carbocycles. The van der Waals surface area contributed by atoms with Gasteiger partial charge in [0, 0.05) is 36.1 Å². The average molecular weight is 317 g/mol. The van der Waals surface area contributed by atoms with Crippen LogP contribution in [-0.4, -0.2) is 39.6 Å². The molecule has 1 fully saturated rings. The first-order chi connectivity index (χ1) is 10.4. The van der Waals surface area contributed by atoms with E-state index in [1.165, 1.54) is 0 Å². The Kier molecular flexibility index (Phi) is 3.89. The fraction of sp³-hybridized carbons (Fsp3) is 0.294. The standard InChI is InChI=1S/C17H17ClN2O2/c1-17(22)6-7-20(11-17)16(21)14-8-13(9-19-10-14)12-2-4-15(18)5-3-12/h2-5,8-10,22H,6-7,11H2,1H3/t17-/m0/s1. The minimum Gasteiger partial charge on any atom is -0.388 e. The van der Waals surface area contributed by atoms with E-state index >= 15 is 0 Å². The van der Waals surface area contributed by atoms with Crippen molar-refractivity contribution in [2.45, 2.75) is 18.9 Å². The molecule has 1 atom stereocenters. The van der Waals surface area contributed by atoms with Crippen molar-refractivity contribution in [3.8, 4) is 11.1 Å². The second kappa shape index (κ2) is 5.71. The normalized spacial score (nSPS) is 21.1. The number of amides is 1. The third-order valence-corrected chi connectivity index (χ3v) is 4.15. The molecule has 1 amide bonds. The predicted molar refractivity (Wildman–Crippen MR) is 85.8 cm³/mol. The van der Waals surface area contributed by atoms with Crippen molar-refractivity contribution in [3.63, 3.8) is 0 Å². The van der Waals surface area contributed by atoms with Gasteiger partial charge >= 0.3 is 0 Å². The first kappa shape index (κ1) is 15.0. The topological polar surface area (TPSA) is 53.4 Å². The highest BCUT2D eigenvalue weighted by atomic mass is 35.5. The lowest BCUT2D eigenvalue weighted by molar-refractivity contribution is 0.0572. The summed E-state index contributed by atoms with van der Waals surface area (Å²) in [6.07, 6.45) is 3.89. The van der Waals surface area contributed by atoms with Crippen molar-refractivity contribution in [1.29, 1.82) is 0 Å². The van der Waals surface area contributed by atoms with Crippen molar-refractivity contribution >= 4 is 17.5 Å². The lowest BCUT2D eigenvalue weighted by Gasteiger charge is -2.19. The van der Waals surface area contributed by atoms with Crippen molar-refractivity contribution in [3.05, 3.63) is 53.3 Å². The molecule has 1 saturated heterocycles. The van der Waals surface area contributed by atoms with Gasteiger partial charge in [-0.1, -0.05) is 23.7 Å². The Morgan fingerprint density at radius 2 is 2.00 bits per heavy atom. The Hall–Kier alpha value is -1.91. The van der Waals surface area contributed by atoms with Crippen molar-refractivity contribution < 1.29 is 9.90 Å². The van der Waals surface area contributed by atoms with Crippen molar-refractivity contribution in [2.24, 2.45) is 0 Å². The molecule has 2 heterocycles. The zero-order valence-corrected chi connectivity index (χ0v) is 13.0. The van der Waals surface area contributed by atoms with Gasteiger partial charge in [0.15, 0.2) is 0 Å². The number of aromatic nitrogens is 1. The zero-order valence-electron chi connectivity index (χ0n) is 12.3. The molecule has 1 aromatic heterocycles. The third kappa shape index (κ3) is 3.13. The summed E-state index contributed by atoms with van der Waals surface area (Å²) >= 11 is 5.89. The molecule has 4 nitrogen and oxygen atoms in total. The quantitative estimate of drug-likeness (QED) is 0.926. The summed E-state index contributed by atoms with van der Waals surface area (Å²) in [7, 11) is 0. The fourth-order valence-electron chi connectivity index (χ4n) is 2.66. The van der Waals surface area contributed by atoms with Gasteiger partial charge in [0.2, 0.25) is 0 Å². The molecule has 1 aliphatic heterocycles. The molecule has 5 heteroatoms. The highest BCUT2D eigenvalue weighted by molar-refractivity contribution is 6.30. The van der Waals surface area contributed by atoms with Gasteiger partial charge in [-0.3, -0.25) is 9.78 Å². The number of aliphatic hydroxyl groups is 1. The van der Waals surface area contributed by atoms with Gasteiger partial charge in [-0.2, -0.15) is 0 Å². The number of pyridine rings is 1. The van der Waals surface area contributed by atoms with Gasteiger partial charge in [-0.05, 0) is 37.1 Å². The molecule has 2 aromatic rings. The summed E-state index contributed by atoms with van der Waals surface area (Å²) in [5.41, 5.74) is 1.57. The summed E-state index contributed by atoms with van der Waals surface area (Å²) in [4.78, 5) is 18.4. The summed E-state index contributed by atoms with van der Waals surface area (Å²) in [6.45, 7) is 2.68. The smallest absolute Gasteiger partial charge is 0.255 e. The van der Waals surface area contributed by atoms with Crippen molar-refractivity contribution in [1.82, 2.24) is 9.88 Å². The van der Waals surface area contributed by atoms with E-state index < -0.39 is 5.60 Å². The van der Waals surface area contributed by atoms with Crippen LogP contribution in [0, 0.1) is 0 Å². The van der Waals surface area contributed by atoms with E-state index in [4.69, 9.17) is 11.6 Å².